The minimum absolute atomic E-state index is 0.0365. The van der Waals surface area contributed by atoms with Crippen molar-refractivity contribution in [3.63, 3.8) is 0 Å². The Kier molecular flexibility index (Phi) is 3.67. The van der Waals surface area contributed by atoms with Gasteiger partial charge in [0, 0.05) is 0 Å². The highest BCUT2D eigenvalue weighted by Crippen LogP contribution is 2.10. The first-order valence-electron chi connectivity index (χ1n) is 5.14. The van der Waals surface area contributed by atoms with Gasteiger partial charge in [0.2, 0.25) is 0 Å². The first kappa shape index (κ1) is 11.5. The molecule has 0 fully saturated rings. The van der Waals surface area contributed by atoms with E-state index in [1.165, 1.54) is 18.4 Å². The maximum absolute atomic E-state index is 13.4. The summed E-state index contributed by atoms with van der Waals surface area (Å²) in [6, 6.07) is 12.0. The molecule has 2 aromatic rings. The molecule has 88 valence electrons. The van der Waals surface area contributed by atoms with Crippen molar-refractivity contribution >= 4 is 5.78 Å². The van der Waals surface area contributed by atoms with Crippen molar-refractivity contribution in [1.29, 1.82) is 0 Å². The summed E-state index contributed by atoms with van der Waals surface area (Å²) in [5, 5.41) is 0. The predicted octanol–water partition coefficient (Wildman–Crippen LogP) is 2.97. The molecule has 17 heavy (non-hydrogen) atoms. The molecule has 0 spiro atoms. The summed E-state index contributed by atoms with van der Waals surface area (Å²) in [6.07, 6.45) is -0.682. The Morgan fingerprint density at radius 2 is 2.00 bits per heavy atom. The van der Waals surface area contributed by atoms with Crippen molar-refractivity contribution in [2.45, 2.75) is 13.0 Å². The van der Waals surface area contributed by atoms with Crippen molar-refractivity contribution in [2.24, 2.45) is 0 Å². The quantitative estimate of drug-likeness (QED) is 0.746. The van der Waals surface area contributed by atoms with Crippen LogP contribution < -0.4 is 0 Å². The lowest BCUT2D eigenvalue weighted by Crippen LogP contribution is -2.18. The van der Waals surface area contributed by atoms with Crippen molar-refractivity contribution in [3.8, 4) is 0 Å². The van der Waals surface area contributed by atoms with Gasteiger partial charge < -0.3 is 9.15 Å². The zero-order valence-corrected chi connectivity index (χ0v) is 9.01. The molecule has 0 saturated carbocycles. The predicted molar refractivity (Wildman–Crippen MR) is 59.2 cm³/mol. The Labute approximate surface area is 97.8 Å². The second-order valence-corrected chi connectivity index (χ2v) is 3.45. The molecule has 0 aliphatic carbocycles. The minimum atomic E-state index is -2.00. The van der Waals surface area contributed by atoms with Crippen molar-refractivity contribution < 1.29 is 18.3 Å². The first-order chi connectivity index (χ1) is 8.27. The Morgan fingerprint density at radius 3 is 2.65 bits per heavy atom. The lowest BCUT2D eigenvalue weighted by molar-refractivity contribution is -0.0309. The van der Waals surface area contributed by atoms with Crippen LogP contribution in [0.5, 0.6) is 0 Å². The smallest absolute Gasteiger partial charge is 0.266 e. The molecule has 0 bridgehead atoms. The molecule has 3 nitrogen and oxygen atoms in total. The van der Waals surface area contributed by atoms with E-state index in [9.17, 15) is 9.18 Å². The average Bonchev–Trinajstić information content (AvgIpc) is 2.90. The van der Waals surface area contributed by atoms with Gasteiger partial charge in [0.15, 0.2) is 5.76 Å². The number of hydrogen-bond acceptors (Lipinski definition) is 3. The molecule has 1 aromatic carbocycles. The number of carbonyl (C=O) groups is 1. The van der Waals surface area contributed by atoms with E-state index in [2.05, 4.69) is 0 Å². The highest BCUT2D eigenvalue weighted by molar-refractivity contribution is 5.95. The molecule has 1 heterocycles. The molecule has 0 aliphatic heterocycles. The number of rotatable bonds is 5. The molecule has 1 aromatic heterocycles. The zero-order valence-electron chi connectivity index (χ0n) is 9.01. The third kappa shape index (κ3) is 3.01. The van der Waals surface area contributed by atoms with Gasteiger partial charge in [-0.2, -0.15) is 0 Å². The number of hydrogen-bond donors (Lipinski definition) is 0. The highest BCUT2D eigenvalue weighted by atomic mass is 19.1. The summed E-state index contributed by atoms with van der Waals surface area (Å²) >= 11 is 0. The molecule has 0 saturated heterocycles. The van der Waals surface area contributed by atoms with Crippen LogP contribution in [-0.4, -0.2) is 12.1 Å². The first-order valence-corrected chi connectivity index (χ1v) is 5.14. The molecule has 1 unspecified atom stereocenters. The normalized spacial score (nSPS) is 12.3. The van der Waals surface area contributed by atoms with E-state index in [4.69, 9.17) is 9.15 Å². The van der Waals surface area contributed by atoms with Crippen LogP contribution in [0.2, 0.25) is 0 Å². The molecule has 1 atom stereocenters. The highest BCUT2D eigenvalue weighted by Gasteiger charge is 2.22. The van der Waals surface area contributed by atoms with E-state index in [0.29, 0.717) is 0 Å². The maximum Gasteiger partial charge on any atom is 0.266 e. The van der Waals surface area contributed by atoms with Crippen LogP contribution in [0.1, 0.15) is 16.1 Å². The minimum Gasteiger partial charge on any atom is -0.461 e. The standard InChI is InChI=1S/C13H11FO3/c14-13(12(15)11-7-4-8-16-11)17-9-10-5-2-1-3-6-10/h1-8,13H,9H2. The number of Topliss-reactive ketones (excluding diaryl/α,β-unsaturated/α-hetero) is 1. The summed E-state index contributed by atoms with van der Waals surface area (Å²) < 4.78 is 23.0. The SMILES string of the molecule is O=C(c1ccco1)C(F)OCc1ccccc1. The van der Waals surface area contributed by atoms with E-state index >= 15 is 0 Å². The fourth-order valence-corrected chi connectivity index (χ4v) is 1.35. The Hall–Kier alpha value is -1.94. The van der Waals surface area contributed by atoms with Crippen LogP contribution in [-0.2, 0) is 11.3 Å². The summed E-state index contributed by atoms with van der Waals surface area (Å²) in [5.74, 6) is -0.837. The third-order valence-electron chi connectivity index (χ3n) is 2.21. The molecule has 0 amide bonds. The van der Waals surface area contributed by atoms with Crippen molar-refractivity contribution in [3.05, 3.63) is 60.1 Å². The molecule has 0 radical (unpaired) electrons. The summed E-state index contributed by atoms with van der Waals surface area (Å²) in [5.41, 5.74) is 0.808. The maximum atomic E-state index is 13.4. The number of furan rings is 1. The van der Waals surface area contributed by atoms with Gasteiger partial charge in [-0.3, -0.25) is 4.79 Å². The van der Waals surface area contributed by atoms with E-state index in [1.54, 1.807) is 12.1 Å². The molecule has 0 N–H and O–H groups in total. The largest absolute Gasteiger partial charge is 0.461 e. The number of halogens is 1. The van der Waals surface area contributed by atoms with Gasteiger partial charge >= 0.3 is 0 Å². The third-order valence-corrected chi connectivity index (χ3v) is 2.21. The lowest BCUT2D eigenvalue weighted by Gasteiger charge is -2.07. The topological polar surface area (TPSA) is 39.4 Å². The van der Waals surface area contributed by atoms with Crippen LogP contribution in [0.15, 0.2) is 53.1 Å². The molecule has 4 heteroatoms. The summed E-state index contributed by atoms with van der Waals surface area (Å²) in [7, 11) is 0. The van der Waals surface area contributed by atoms with E-state index in [1.807, 2.05) is 18.2 Å². The second kappa shape index (κ2) is 5.41. The van der Waals surface area contributed by atoms with Crippen LogP contribution in [0, 0.1) is 0 Å². The number of ether oxygens (including phenoxy) is 1. The van der Waals surface area contributed by atoms with Crippen LogP contribution in [0.3, 0.4) is 0 Å². The lowest BCUT2D eigenvalue weighted by atomic mass is 10.2. The molecule has 0 aliphatic rings. The Balaban J connectivity index is 1.90. The fraction of sp³-hybridized carbons (Fsp3) is 0.154. The van der Waals surface area contributed by atoms with Crippen molar-refractivity contribution in [2.75, 3.05) is 0 Å². The number of benzene rings is 1. The van der Waals surface area contributed by atoms with Crippen LogP contribution in [0.4, 0.5) is 4.39 Å². The van der Waals surface area contributed by atoms with Gasteiger partial charge in [-0.25, -0.2) is 4.39 Å². The summed E-state index contributed by atoms with van der Waals surface area (Å²) in [6.45, 7) is 0.0501. The van der Waals surface area contributed by atoms with Gasteiger partial charge in [-0.15, -0.1) is 0 Å². The van der Waals surface area contributed by atoms with Crippen LogP contribution >= 0.6 is 0 Å². The van der Waals surface area contributed by atoms with E-state index in [-0.39, 0.29) is 12.4 Å². The molecule has 2 rings (SSSR count). The number of ketones is 1. The van der Waals surface area contributed by atoms with Gasteiger partial charge in [0.05, 0.1) is 12.9 Å². The Morgan fingerprint density at radius 1 is 1.24 bits per heavy atom. The van der Waals surface area contributed by atoms with E-state index < -0.39 is 12.1 Å². The fourth-order valence-electron chi connectivity index (χ4n) is 1.35. The van der Waals surface area contributed by atoms with Crippen LogP contribution in [0.25, 0.3) is 0 Å². The Bertz CT molecular complexity index is 465. The van der Waals surface area contributed by atoms with Gasteiger partial charge in [0.25, 0.3) is 12.1 Å². The monoisotopic (exact) mass is 234 g/mol. The summed E-state index contributed by atoms with van der Waals surface area (Å²) in [4.78, 5) is 11.4. The van der Waals surface area contributed by atoms with E-state index in [0.717, 1.165) is 5.56 Å². The zero-order chi connectivity index (χ0) is 12.1. The van der Waals surface area contributed by atoms with Gasteiger partial charge in [0.1, 0.15) is 0 Å². The number of carbonyl (C=O) groups excluding carboxylic acids is 1. The molecular weight excluding hydrogens is 223 g/mol. The van der Waals surface area contributed by atoms with Crippen molar-refractivity contribution in [1.82, 2.24) is 0 Å². The molecular formula is C13H11FO3. The van der Waals surface area contributed by atoms with Gasteiger partial charge in [-0.05, 0) is 17.7 Å². The second-order valence-electron chi connectivity index (χ2n) is 3.45. The number of alkyl halides is 1. The average molecular weight is 234 g/mol. The van der Waals surface area contributed by atoms with Gasteiger partial charge in [-0.1, -0.05) is 30.3 Å².